The molecule has 1 heterocycles. The van der Waals surface area contributed by atoms with Gasteiger partial charge in [0, 0.05) is 6.07 Å². The van der Waals surface area contributed by atoms with Gasteiger partial charge in [-0.15, -0.1) is 0 Å². The van der Waals surface area contributed by atoms with Crippen molar-refractivity contribution in [2.75, 3.05) is 21.3 Å². The molecule has 0 aromatic heterocycles. The summed E-state index contributed by atoms with van der Waals surface area (Å²) in [5.41, 5.74) is 1.51. The summed E-state index contributed by atoms with van der Waals surface area (Å²) in [5, 5.41) is 0. The third-order valence-electron chi connectivity index (χ3n) is 4.30. The average molecular weight is 328 g/mol. The first-order chi connectivity index (χ1) is 11.6. The summed E-state index contributed by atoms with van der Waals surface area (Å²) >= 11 is 0. The summed E-state index contributed by atoms with van der Waals surface area (Å²) in [6.07, 6.45) is -0.642. The zero-order valence-electron chi connectivity index (χ0n) is 14.2. The van der Waals surface area contributed by atoms with Crippen LogP contribution in [0.15, 0.2) is 36.4 Å². The van der Waals surface area contributed by atoms with E-state index in [1.165, 1.54) is 14.2 Å². The minimum atomic E-state index is -0.642. The highest BCUT2D eigenvalue weighted by Gasteiger charge is 2.39. The summed E-state index contributed by atoms with van der Waals surface area (Å²) in [4.78, 5) is 12.9. The van der Waals surface area contributed by atoms with Crippen molar-refractivity contribution in [1.29, 1.82) is 0 Å². The van der Waals surface area contributed by atoms with E-state index in [2.05, 4.69) is 0 Å². The van der Waals surface area contributed by atoms with Crippen LogP contribution in [0.1, 0.15) is 30.1 Å². The highest BCUT2D eigenvalue weighted by Crippen LogP contribution is 2.52. The fourth-order valence-electron chi connectivity index (χ4n) is 3.08. The van der Waals surface area contributed by atoms with E-state index in [0.717, 1.165) is 5.56 Å². The number of carbonyl (C=O) groups is 1. The Kier molecular flexibility index (Phi) is 4.34. The van der Waals surface area contributed by atoms with Crippen molar-refractivity contribution >= 4 is 5.78 Å². The van der Waals surface area contributed by atoms with Gasteiger partial charge in [0.15, 0.2) is 23.4 Å². The van der Waals surface area contributed by atoms with E-state index in [4.69, 9.17) is 18.9 Å². The Morgan fingerprint density at radius 3 is 2.21 bits per heavy atom. The van der Waals surface area contributed by atoms with Gasteiger partial charge in [0.2, 0.25) is 5.75 Å². The van der Waals surface area contributed by atoms with Gasteiger partial charge in [0.25, 0.3) is 0 Å². The maximum Gasteiger partial charge on any atom is 0.203 e. The van der Waals surface area contributed by atoms with Gasteiger partial charge < -0.3 is 18.9 Å². The number of Topliss-reactive ketones (excluding diaryl/α,β-unsaturated/α-hetero) is 1. The highest BCUT2D eigenvalue weighted by atomic mass is 16.5. The average Bonchev–Trinajstić information content (AvgIpc) is 2.63. The van der Waals surface area contributed by atoms with Gasteiger partial charge >= 0.3 is 0 Å². The zero-order chi connectivity index (χ0) is 17.3. The highest BCUT2D eigenvalue weighted by molar-refractivity contribution is 5.94. The van der Waals surface area contributed by atoms with E-state index < -0.39 is 6.10 Å². The molecule has 2 aromatic rings. The van der Waals surface area contributed by atoms with Gasteiger partial charge in [-0.3, -0.25) is 4.79 Å². The van der Waals surface area contributed by atoms with Gasteiger partial charge in [0.1, 0.15) is 5.75 Å². The summed E-state index contributed by atoms with van der Waals surface area (Å²) in [7, 11) is 4.63. The van der Waals surface area contributed by atoms with E-state index in [0.29, 0.717) is 28.6 Å². The largest absolute Gasteiger partial charge is 0.493 e. The Hall–Kier alpha value is -2.69. The Morgan fingerprint density at radius 1 is 0.958 bits per heavy atom. The third-order valence-corrected chi connectivity index (χ3v) is 4.30. The first-order valence-corrected chi connectivity index (χ1v) is 7.70. The molecule has 2 aromatic carbocycles. The van der Waals surface area contributed by atoms with Crippen molar-refractivity contribution in [2.45, 2.75) is 18.9 Å². The fourth-order valence-corrected chi connectivity index (χ4v) is 3.08. The maximum absolute atomic E-state index is 12.9. The van der Waals surface area contributed by atoms with E-state index in [9.17, 15) is 4.79 Å². The van der Waals surface area contributed by atoms with Crippen LogP contribution in [0.4, 0.5) is 0 Å². The number of hydrogen-bond acceptors (Lipinski definition) is 5. The van der Waals surface area contributed by atoms with E-state index >= 15 is 0 Å². The predicted octanol–water partition coefficient (Wildman–Crippen LogP) is 3.52. The molecule has 3 rings (SSSR count). The lowest BCUT2D eigenvalue weighted by molar-refractivity contribution is -0.128. The van der Waals surface area contributed by atoms with Crippen LogP contribution in [0.3, 0.4) is 0 Å². The monoisotopic (exact) mass is 328 g/mol. The van der Waals surface area contributed by atoms with Crippen molar-refractivity contribution in [1.82, 2.24) is 0 Å². The smallest absolute Gasteiger partial charge is 0.203 e. The van der Waals surface area contributed by atoms with Gasteiger partial charge in [-0.2, -0.15) is 0 Å². The summed E-state index contributed by atoms with van der Waals surface area (Å²) in [6, 6.07) is 11.2. The number of rotatable bonds is 4. The summed E-state index contributed by atoms with van der Waals surface area (Å²) in [5.74, 6) is 1.61. The molecule has 5 nitrogen and oxygen atoms in total. The molecule has 0 bridgehead atoms. The van der Waals surface area contributed by atoms with Crippen LogP contribution < -0.4 is 18.9 Å². The Bertz CT molecular complexity index is 754. The van der Waals surface area contributed by atoms with Crippen LogP contribution in [-0.2, 0) is 4.79 Å². The maximum atomic E-state index is 12.9. The molecule has 2 unspecified atom stereocenters. The molecule has 2 atom stereocenters. The number of benzene rings is 2. The quantitative estimate of drug-likeness (QED) is 0.859. The number of fused-ring (bicyclic) bond motifs is 1. The van der Waals surface area contributed by atoms with E-state index in [1.807, 2.05) is 37.3 Å². The molecule has 0 radical (unpaired) electrons. The Morgan fingerprint density at radius 2 is 1.62 bits per heavy atom. The second kappa shape index (κ2) is 6.43. The zero-order valence-corrected chi connectivity index (χ0v) is 14.2. The fraction of sp³-hybridized carbons (Fsp3) is 0.316. The van der Waals surface area contributed by atoms with Crippen LogP contribution in [0.25, 0.3) is 0 Å². The molecular formula is C19H20O5. The molecule has 24 heavy (non-hydrogen) atoms. The molecule has 0 aliphatic carbocycles. The van der Waals surface area contributed by atoms with Crippen molar-refractivity contribution in [3.8, 4) is 23.0 Å². The SMILES string of the molecule is COc1cc2c(c(OC)c1OC)C(C)C(=O)C(c1ccccc1)O2. The first-order valence-electron chi connectivity index (χ1n) is 7.70. The van der Waals surface area contributed by atoms with Crippen LogP contribution in [-0.4, -0.2) is 27.1 Å². The molecular weight excluding hydrogens is 308 g/mol. The van der Waals surface area contributed by atoms with Gasteiger partial charge in [-0.05, 0) is 5.56 Å². The number of carbonyl (C=O) groups excluding carboxylic acids is 1. The van der Waals surface area contributed by atoms with E-state index in [-0.39, 0.29) is 11.7 Å². The van der Waals surface area contributed by atoms with Crippen LogP contribution in [0.5, 0.6) is 23.0 Å². The van der Waals surface area contributed by atoms with Crippen LogP contribution >= 0.6 is 0 Å². The normalized spacial score (nSPS) is 19.2. The van der Waals surface area contributed by atoms with Crippen molar-refractivity contribution in [2.24, 2.45) is 0 Å². The molecule has 1 aliphatic rings. The predicted molar refractivity (Wildman–Crippen MR) is 89.3 cm³/mol. The minimum absolute atomic E-state index is 0.0146. The lowest BCUT2D eigenvalue weighted by atomic mass is 9.86. The molecule has 0 saturated carbocycles. The third kappa shape index (κ3) is 2.46. The second-order valence-corrected chi connectivity index (χ2v) is 5.59. The number of methoxy groups -OCH3 is 3. The summed E-state index contributed by atoms with van der Waals surface area (Å²) < 4.78 is 22.3. The van der Waals surface area contributed by atoms with Gasteiger partial charge in [-0.25, -0.2) is 0 Å². The van der Waals surface area contributed by atoms with Crippen LogP contribution in [0.2, 0.25) is 0 Å². The lowest BCUT2D eigenvalue weighted by Gasteiger charge is -2.31. The first kappa shape index (κ1) is 16.2. The number of ketones is 1. The van der Waals surface area contributed by atoms with Gasteiger partial charge in [0.05, 0.1) is 32.8 Å². The Labute approximate surface area is 141 Å². The second-order valence-electron chi connectivity index (χ2n) is 5.59. The standard InChI is InChI=1S/C19H20O5/c1-11-15-13(10-14(21-2)18(22-3)19(15)23-4)24-17(16(11)20)12-8-6-5-7-9-12/h5-11,17H,1-4H3. The topological polar surface area (TPSA) is 54.0 Å². The Balaban J connectivity index is 2.16. The van der Waals surface area contributed by atoms with Crippen molar-refractivity contribution in [3.63, 3.8) is 0 Å². The molecule has 0 N–H and O–H groups in total. The van der Waals surface area contributed by atoms with E-state index in [1.54, 1.807) is 13.2 Å². The molecule has 0 saturated heterocycles. The molecule has 0 amide bonds. The van der Waals surface area contributed by atoms with Crippen LogP contribution in [0, 0.1) is 0 Å². The molecule has 0 fully saturated rings. The number of hydrogen-bond donors (Lipinski definition) is 0. The summed E-state index contributed by atoms with van der Waals surface area (Å²) in [6.45, 7) is 1.86. The van der Waals surface area contributed by atoms with Crippen molar-refractivity contribution in [3.05, 3.63) is 47.5 Å². The minimum Gasteiger partial charge on any atom is -0.493 e. The molecule has 5 heteroatoms. The van der Waals surface area contributed by atoms with Crippen molar-refractivity contribution < 1.29 is 23.7 Å². The molecule has 0 spiro atoms. The van der Waals surface area contributed by atoms with Gasteiger partial charge in [-0.1, -0.05) is 37.3 Å². The lowest BCUT2D eigenvalue weighted by Crippen LogP contribution is -2.29. The molecule has 1 aliphatic heterocycles. The molecule has 126 valence electrons. The number of ether oxygens (including phenoxy) is 4.